The molecule has 1 amide bonds. The van der Waals surface area contributed by atoms with Gasteiger partial charge >= 0.3 is 0 Å². The molecule has 1 saturated heterocycles. The van der Waals surface area contributed by atoms with Crippen LogP contribution in [0.25, 0.3) is 0 Å². The molecule has 0 aromatic carbocycles. The van der Waals surface area contributed by atoms with Crippen molar-refractivity contribution < 1.29 is 13.2 Å². The first-order valence-electron chi connectivity index (χ1n) is 7.85. The second kappa shape index (κ2) is 5.74. The SMILES string of the molecule is CN(C(=O)C1(S(C)(=O)=O)CC1)C1CCCN(c2cccnn2)C1. The zero-order chi connectivity index (χ0) is 16.7. The summed E-state index contributed by atoms with van der Waals surface area (Å²) in [4.78, 5) is 16.5. The molecule has 2 heterocycles. The number of anilines is 1. The molecule has 3 rings (SSSR count). The Hall–Kier alpha value is -1.70. The van der Waals surface area contributed by atoms with Gasteiger partial charge in [0.1, 0.15) is 0 Å². The van der Waals surface area contributed by atoms with Crippen molar-refractivity contribution in [2.24, 2.45) is 0 Å². The van der Waals surface area contributed by atoms with E-state index in [1.165, 1.54) is 6.26 Å². The fraction of sp³-hybridized carbons (Fsp3) is 0.667. The molecule has 1 unspecified atom stereocenters. The molecule has 2 aliphatic rings. The van der Waals surface area contributed by atoms with Crippen LogP contribution in [0, 0.1) is 0 Å². The largest absolute Gasteiger partial charge is 0.353 e. The lowest BCUT2D eigenvalue weighted by Crippen LogP contribution is -2.53. The molecule has 126 valence electrons. The van der Waals surface area contributed by atoms with E-state index < -0.39 is 14.6 Å². The molecule has 1 aromatic rings. The van der Waals surface area contributed by atoms with E-state index in [1.807, 2.05) is 12.1 Å². The van der Waals surface area contributed by atoms with Crippen molar-refractivity contribution in [3.8, 4) is 0 Å². The van der Waals surface area contributed by atoms with E-state index in [0.717, 1.165) is 25.2 Å². The molecule has 1 aliphatic carbocycles. The molecule has 1 aromatic heterocycles. The minimum atomic E-state index is -3.37. The summed E-state index contributed by atoms with van der Waals surface area (Å²) in [5.74, 6) is 0.535. The lowest BCUT2D eigenvalue weighted by atomic mass is 10.0. The second-order valence-corrected chi connectivity index (χ2v) is 8.83. The third-order valence-electron chi connectivity index (χ3n) is 4.95. The fourth-order valence-electron chi connectivity index (χ4n) is 3.29. The van der Waals surface area contributed by atoms with E-state index in [-0.39, 0.29) is 11.9 Å². The maximum absolute atomic E-state index is 12.7. The number of piperidine rings is 1. The quantitative estimate of drug-likeness (QED) is 0.794. The second-order valence-electron chi connectivity index (χ2n) is 6.51. The minimum absolute atomic E-state index is 0.00233. The Balaban J connectivity index is 1.73. The first-order chi connectivity index (χ1) is 10.8. The van der Waals surface area contributed by atoms with E-state index in [2.05, 4.69) is 15.1 Å². The highest BCUT2D eigenvalue weighted by atomic mass is 32.2. The van der Waals surface area contributed by atoms with Crippen molar-refractivity contribution in [2.45, 2.75) is 36.5 Å². The Kier molecular flexibility index (Phi) is 4.03. The van der Waals surface area contributed by atoms with Crippen LogP contribution in [0.2, 0.25) is 0 Å². The predicted octanol–water partition coefficient (Wildman–Crippen LogP) is 0.481. The molecule has 0 radical (unpaired) electrons. The van der Waals surface area contributed by atoms with Crippen molar-refractivity contribution in [1.82, 2.24) is 15.1 Å². The summed E-state index contributed by atoms with van der Waals surface area (Å²) in [6.45, 7) is 1.52. The van der Waals surface area contributed by atoms with Crippen LogP contribution in [-0.4, -0.2) is 66.6 Å². The molecule has 0 bridgehead atoms. The summed E-state index contributed by atoms with van der Waals surface area (Å²) in [7, 11) is -1.65. The van der Waals surface area contributed by atoms with Gasteiger partial charge in [-0.05, 0) is 37.8 Å². The first-order valence-corrected chi connectivity index (χ1v) is 9.74. The normalized spacial score (nSPS) is 23.4. The lowest BCUT2D eigenvalue weighted by Gasteiger charge is -2.39. The smallest absolute Gasteiger partial charge is 0.244 e. The van der Waals surface area contributed by atoms with E-state index in [0.29, 0.717) is 19.4 Å². The van der Waals surface area contributed by atoms with Gasteiger partial charge in [-0.15, -0.1) is 5.10 Å². The molecule has 0 spiro atoms. The molecular formula is C15H22N4O3S. The van der Waals surface area contributed by atoms with Gasteiger partial charge in [0.15, 0.2) is 20.4 Å². The van der Waals surface area contributed by atoms with Gasteiger partial charge in [0.25, 0.3) is 0 Å². The van der Waals surface area contributed by atoms with Crippen molar-refractivity contribution in [3.63, 3.8) is 0 Å². The average Bonchev–Trinajstić information content (AvgIpc) is 3.36. The number of hydrogen-bond donors (Lipinski definition) is 0. The summed E-state index contributed by atoms with van der Waals surface area (Å²) < 4.78 is 22.7. The van der Waals surface area contributed by atoms with Gasteiger partial charge in [-0.2, -0.15) is 5.10 Å². The highest BCUT2D eigenvalue weighted by molar-refractivity contribution is 7.93. The van der Waals surface area contributed by atoms with Gasteiger partial charge in [-0.1, -0.05) is 0 Å². The summed E-state index contributed by atoms with van der Waals surface area (Å²) in [5, 5.41) is 8.01. The Morgan fingerprint density at radius 1 is 1.43 bits per heavy atom. The molecule has 8 heteroatoms. The summed E-state index contributed by atoms with van der Waals surface area (Å²) in [6.07, 6.45) is 5.48. The molecule has 0 N–H and O–H groups in total. The third kappa shape index (κ3) is 2.91. The maximum Gasteiger partial charge on any atom is 0.244 e. The molecular weight excluding hydrogens is 316 g/mol. The van der Waals surface area contributed by atoms with Crippen LogP contribution < -0.4 is 4.90 Å². The number of rotatable bonds is 4. The minimum Gasteiger partial charge on any atom is -0.353 e. The van der Waals surface area contributed by atoms with Crippen LogP contribution in [0.5, 0.6) is 0 Å². The van der Waals surface area contributed by atoms with E-state index in [9.17, 15) is 13.2 Å². The maximum atomic E-state index is 12.7. The van der Waals surface area contributed by atoms with Crippen LogP contribution in [-0.2, 0) is 14.6 Å². The number of nitrogens with zero attached hydrogens (tertiary/aromatic N) is 4. The third-order valence-corrected chi connectivity index (χ3v) is 6.95. The lowest BCUT2D eigenvalue weighted by molar-refractivity contribution is -0.132. The van der Waals surface area contributed by atoms with Gasteiger partial charge < -0.3 is 9.80 Å². The van der Waals surface area contributed by atoms with Gasteiger partial charge in [-0.25, -0.2) is 8.42 Å². The van der Waals surface area contributed by atoms with E-state index in [1.54, 1.807) is 18.1 Å². The summed E-state index contributed by atoms with van der Waals surface area (Å²) >= 11 is 0. The highest BCUT2D eigenvalue weighted by Crippen LogP contribution is 2.45. The fourth-order valence-corrected chi connectivity index (χ4v) is 4.59. The first kappa shape index (κ1) is 16.2. The molecule has 1 atom stereocenters. The molecule has 1 aliphatic heterocycles. The van der Waals surface area contributed by atoms with Gasteiger partial charge in [0.2, 0.25) is 5.91 Å². The van der Waals surface area contributed by atoms with Gasteiger partial charge in [-0.3, -0.25) is 4.79 Å². The van der Waals surface area contributed by atoms with E-state index in [4.69, 9.17) is 0 Å². The van der Waals surface area contributed by atoms with Gasteiger partial charge in [0.05, 0.1) is 0 Å². The Morgan fingerprint density at radius 3 is 2.74 bits per heavy atom. The number of likely N-dealkylation sites (N-methyl/N-ethyl adjacent to an activating group) is 1. The number of hydrogen-bond acceptors (Lipinski definition) is 6. The van der Waals surface area contributed by atoms with Crippen molar-refractivity contribution in [3.05, 3.63) is 18.3 Å². The standard InChI is InChI=1S/C15H22N4O3S/c1-18(14(20)15(7-8-15)23(2,21)22)12-5-4-10-19(11-12)13-6-3-9-16-17-13/h3,6,9,12H,4-5,7-8,10-11H2,1-2H3. The predicted molar refractivity (Wildman–Crippen MR) is 86.8 cm³/mol. The molecule has 2 fully saturated rings. The van der Waals surface area contributed by atoms with Crippen LogP contribution in [0.4, 0.5) is 5.82 Å². The zero-order valence-corrected chi connectivity index (χ0v) is 14.3. The number of aromatic nitrogens is 2. The van der Waals surface area contributed by atoms with Gasteiger partial charge in [0, 0.05) is 38.6 Å². The zero-order valence-electron chi connectivity index (χ0n) is 13.5. The molecule has 23 heavy (non-hydrogen) atoms. The van der Waals surface area contributed by atoms with Crippen LogP contribution in [0.3, 0.4) is 0 Å². The number of sulfone groups is 1. The van der Waals surface area contributed by atoms with E-state index >= 15 is 0 Å². The highest BCUT2D eigenvalue weighted by Gasteiger charge is 2.60. The monoisotopic (exact) mass is 338 g/mol. The van der Waals surface area contributed by atoms with Crippen LogP contribution in [0.1, 0.15) is 25.7 Å². The Morgan fingerprint density at radius 2 is 2.17 bits per heavy atom. The van der Waals surface area contributed by atoms with Crippen molar-refractivity contribution in [2.75, 3.05) is 31.3 Å². The molecule has 1 saturated carbocycles. The van der Waals surface area contributed by atoms with Crippen LogP contribution >= 0.6 is 0 Å². The average molecular weight is 338 g/mol. The topological polar surface area (TPSA) is 83.5 Å². The Bertz CT molecular complexity index is 688. The van der Waals surface area contributed by atoms with Crippen molar-refractivity contribution in [1.29, 1.82) is 0 Å². The summed E-state index contributed by atoms with van der Waals surface area (Å²) in [6, 6.07) is 3.73. The van der Waals surface area contributed by atoms with Crippen LogP contribution in [0.15, 0.2) is 18.3 Å². The van der Waals surface area contributed by atoms with Crippen molar-refractivity contribution >= 4 is 21.6 Å². The summed E-state index contributed by atoms with van der Waals surface area (Å²) in [5.41, 5.74) is 0. The molecule has 7 nitrogen and oxygen atoms in total. The number of carbonyl (C=O) groups excluding carboxylic acids is 1. The number of carbonyl (C=O) groups is 1. The Labute approximate surface area is 136 Å². The number of amides is 1.